The molecule has 1 aromatic heterocycles. The smallest absolute Gasteiger partial charge is 0.207 e. The minimum absolute atomic E-state index is 0.235. The number of benzene rings is 2. The molecule has 3 nitrogen and oxygen atoms in total. The maximum absolute atomic E-state index is 12.5. The number of thiophene rings is 1. The maximum atomic E-state index is 12.5. The largest absolute Gasteiger partial charge is 0.241 e. The van der Waals surface area contributed by atoms with Gasteiger partial charge in [0.15, 0.2) is 0 Å². The second-order valence-electron chi connectivity index (χ2n) is 4.87. The van der Waals surface area contributed by atoms with Crippen LogP contribution >= 0.6 is 11.3 Å². The van der Waals surface area contributed by atoms with Gasteiger partial charge in [-0.3, -0.25) is 0 Å². The van der Waals surface area contributed by atoms with E-state index < -0.39 is 10.0 Å². The van der Waals surface area contributed by atoms with Crippen molar-refractivity contribution in [3.05, 3.63) is 64.9 Å². The first-order chi connectivity index (χ1) is 10.1. The molecule has 1 heterocycles. The lowest BCUT2D eigenvalue weighted by Crippen LogP contribution is -2.26. The molecule has 0 radical (unpaired) electrons. The van der Waals surface area contributed by atoms with Crippen molar-refractivity contribution in [2.45, 2.75) is 17.9 Å². The average molecular weight is 317 g/mol. The molecule has 0 unspecified atom stereocenters. The zero-order chi connectivity index (χ0) is 14.9. The zero-order valence-corrected chi connectivity index (χ0v) is 13.1. The fourth-order valence-corrected chi connectivity index (χ4v) is 4.30. The number of hydrogen-bond donors (Lipinski definition) is 1. The lowest BCUT2D eigenvalue weighted by Gasteiger charge is -2.13. The van der Waals surface area contributed by atoms with Gasteiger partial charge in [0.25, 0.3) is 0 Å². The van der Waals surface area contributed by atoms with E-state index in [0.29, 0.717) is 4.90 Å². The standard InChI is InChI=1S/C16H15NO2S2/c1-12(16-7-4-10-20-16)17-21(18,19)15-9-8-13-5-2-3-6-14(13)11-15/h2-12,17H,1H3/t12-/m0/s1. The zero-order valence-electron chi connectivity index (χ0n) is 11.5. The van der Waals surface area contributed by atoms with Crippen molar-refractivity contribution in [1.29, 1.82) is 0 Å². The van der Waals surface area contributed by atoms with Crippen LogP contribution in [0.3, 0.4) is 0 Å². The third-order valence-electron chi connectivity index (χ3n) is 3.33. The third-order valence-corrected chi connectivity index (χ3v) is 5.93. The SMILES string of the molecule is C[C@H](NS(=O)(=O)c1ccc2ccccc2c1)c1cccs1. The summed E-state index contributed by atoms with van der Waals surface area (Å²) in [6.07, 6.45) is 0. The van der Waals surface area contributed by atoms with Crippen LogP contribution in [0.5, 0.6) is 0 Å². The number of sulfonamides is 1. The van der Waals surface area contributed by atoms with Gasteiger partial charge in [-0.25, -0.2) is 13.1 Å². The van der Waals surface area contributed by atoms with Crippen LogP contribution in [0.1, 0.15) is 17.8 Å². The molecule has 5 heteroatoms. The Bertz CT molecular complexity index is 855. The highest BCUT2D eigenvalue weighted by Gasteiger charge is 2.19. The lowest BCUT2D eigenvalue weighted by atomic mass is 10.1. The summed E-state index contributed by atoms with van der Waals surface area (Å²) < 4.78 is 27.7. The predicted octanol–water partition coefficient (Wildman–Crippen LogP) is 3.94. The molecule has 0 fully saturated rings. The molecule has 21 heavy (non-hydrogen) atoms. The van der Waals surface area contributed by atoms with E-state index in [1.165, 1.54) is 0 Å². The number of hydrogen-bond acceptors (Lipinski definition) is 3. The second kappa shape index (κ2) is 5.60. The molecule has 0 aliphatic heterocycles. The molecule has 3 rings (SSSR count). The van der Waals surface area contributed by atoms with Crippen molar-refractivity contribution in [3.8, 4) is 0 Å². The summed E-state index contributed by atoms with van der Waals surface area (Å²) in [6.45, 7) is 1.85. The fraction of sp³-hybridized carbons (Fsp3) is 0.125. The van der Waals surface area contributed by atoms with Crippen LogP contribution in [0.2, 0.25) is 0 Å². The first-order valence-corrected chi connectivity index (χ1v) is 8.97. The van der Waals surface area contributed by atoms with Crippen LogP contribution in [-0.4, -0.2) is 8.42 Å². The summed E-state index contributed by atoms with van der Waals surface area (Å²) in [5, 5.41) is 3.89. The molecule has 0 aliphatic carbocycles. The van der Waals surface area contributed by atoms with Crippen LogP contribution in [0, 0.1) is 0 Å². The van der Waals surface area contributed by atoms with Crippen LogP contribution < -0.4 is 4.72 Å². The van der Waals surface area contributed by atoms with Gasteiger partial charge in [-0.2, -0.15) is 0 Å². The molecule has 3 aromatic rings. The molecule has 0 saturated heterocycles. The molecular formula is C16H15NO2S2. The molecule has 108 valence electrons. The Kier molecular flexibility index (Phi) is 3.80. The highest BCUT2D eigenvalue weighted by molar-refractivity contribution is 7.89. The highest BCUT2D eigenvalue weighted by atomic mass is 32.2. The predicted molar refractivity (Wildman–Crippen MR) is 87.0 cm³/mol. The van der Waals surface area contributed by atoms with Gasteiger partial charge in [-0.15, -0.1) is 11.3 Å². The molecule has 0 bridgehead atoms. The number of rotatable bonds is 4. The van der Waals surface area contributed by atoms with E-state index in [2.05, 4.69) is 4.72 Å². The second-order valence-corrected chi connectivity index (χ2v) is 7.56. The molecule has 2 aromatic carbocycles. The first-order valence-electron chi connectivity index (χ1n) is 6.61. The Labute approximate surface area is 128 Å². The average Bonchev–Trinajstić information content (AvgIpc) is 3.00. The van der Waals surface area contributed by atoms with Crippen molar-refractivity contribution in [3.63, 3.8) is 0 Å². The van der Waals surface area contributed by atoms with Gasteiger partial charge in [-0.1, -0.05) is 36.4 Å². The van der Waals surface area contributed by atoms with Gasteiger partial charge in [0, 0.05) is 4.88 Å². The summed E-state index contributed by atoms with van der Waals surface area (Å²) in [5.41, 5.74) is 0. The van der Waals surface area contributed by atoms with E-state index in [1.54, 1.807) is 23.5 Å². The van der Waals surface area contributed by atoms with Gasteiger partial charge in [0.1, 0.15) is 0 Å². The monoisotopic (exact) mass is 317 g/mol. The fourth-order valence-electron chi connectivity index (χ4n) is 2.23. The minimum Gasteiger partial charge on any atom is -0.207 e. The molecule has 1 N–H and O–H groups in total. The van der Waals surface area contributed by atoms with Gasteiger partial charge in [0.05, 0.1) is 10.9 Å². The Hall–Kier alpha value is -1.69. The summed E-state index contributed by atoms with van der Waals surface area (Å²) in [5.74, 6) is 0. The molecule has 0 amide bonds. The summed E-state index contributed by atoms with van der Waals surface area (Å²) in [6, 6.07) is 16.5. The maximum Gasteiger partial charge on any atom is 0.241 e. The van der Waals surface area contributed by atoms with Crippen LogP contribution in [-0.2, 0) is 10.0 Å². The Morgan fingerprint density at radius 3 is 2.48 bits per heavy atom. The third kappa shape index (κ3) is 3.00. The van der Waals surface area contributed by atoms with Crippen molar-refractivity contribution >= 4 is 32.1 Å². The van der Waals surface area contributed by atoms with E-state index in [-0.39, 0.29) is 6.04 Å². The van der Waals surface area contributed by atoms with E-state index in [0.717, 1.165) is 15.6 Å². The lowest BCUT2D eigenvalue weighted by molar-refractivity contribution is 0.568. The van der Waals surface area contributed by atoms with Gasteiger partial charge >= 0.3 is 0 Å². The minimum atomic E-state index is -3.52. The summed E-state index contributed by atoms with van der Waals surface area (Å²) in [4.78, 5) is 1.30. The van der Waals surface area contributed by atoms with E-state index in [9.17, 15) is 8.42 Å². The van der Waals surface area contributed by atoms with Crippen molar-refractivity contribution in [1.82, 2.24) is 4.72 Å². The molecule has 0 spiro atoms. The topological polar surface area (TPSA) is 46.2 Å². The number of fused-ring (bicyclic) bond motifs is 1. The molecule has 0 saturated carbocycles. The summed E-state index contributed by atoms with van der Waals surface area (Å²) in [7, 11) is -3.52. The van der Waals surface area contributed by atoms with Gasteiger partial charge in [-0.05, 0) is 41.3 Å². The van der Waals surface area contributed by atoms with Crippen LogP contribution in [0.15, 0.2) is 64.9 Å². The quantitative estimate of drug-likeness (QED) is 0.792. The molecule has 0 aliphatic rings. The number of nitrogens with one attached hydrogen (secondary N) is 1. The van der Waals surface area contributed by atoms with Gasteiger partial charge < -0.3 is 0 Å². The first kappa shape index (κ1) is 14.3. The summed E-state index contributed by atoms with van der Waals surface area (Å²) >= 11 is 1.54. The molecular weight excluding hydrogens is 302 g/mol. The normalized spacial score (nSPS) is 13.4. The van der Waals surface area contributed by atoms with Crippen molar-refractivity contribution < 1.29 is 8.42 Å². The Balaban J connectivity index is 1.92. The van der Waals surface area contributed by atoms with E-state index in [1.807, 2.05) is 54.8 Å². The van der Waals surface area contributed by atoms with E-state index in [4.69, 9.17) is 0 Å². The van der Waals surface area contributed by atoms with Crippen LogP contribution in [0.4, 0.5) is 0 Å². The van der Waals surface area contributed by atoms with E-state index >= 15 is 0 Å². The van der Waals surface area contributed by atoms with Crippen LogP contribution in [0.25, 0.3) is 10.8 Å². The van der Waals surface area contributed by atoms with Gasteiger partial charge in [0.2, 0.25) is 10.0 Å². The van der Waals surface area contributed by atoms with Crippen molar-refractivity contribution in [2.75, 3.05) is 0 Å². The van der Waals surface area contributed by atoms with Crippen molar-refractivity contribution in [2.24, 2.45) is 0 Å². The highest BCUT2D eigenvalue weighted by Crippen LogP contribution is 2.23. The Morgan fingerprint density at radius 1 is 1.00 bits per heavy atom. The molecule has 1 atom stereocenters. The Morgan fingerprint density at radius 2 is 1.76 bits per heavy atom.